The number of hydrogen-bond donors (Lipinski definition) is 1. The molecule has 0 saturated carbocycles. The highest BCUT2D eigenvalue weighted by molar-refractivity contribution is 9.10. The third kappa shape index (κ3) is 4.91. The molecule has 0 fully saturated rings. The summed E-state index contributed by atoms with van der Waals surface area (Å²) in [6.45, 7) is 0.679. The zero-order valence-corrected chi connectivity index (χ0v) is 16.7. The van der Waals surface area contributed by atoms with Crippen LogP contribution in [0.15, 0.2) is 65.1 Å². The molecular weight excluding hydrogens is 440 g/mol. The van der Waals surface area contributed by atoms with Crippen LogP contribution in [0.5, 0.6) is 5.75 Å². The van der Waals surface area contributed by atoms with Gasteiger partial charge in [-0.3, -0.25) is 0 Å². The Morgan fingerprint density at radius 1 is 0.923 bits per heavy atom. The van der Waals surface area contributed by atoms with Gasteiger partial charge in [-0.25, -0.2) is 4.39 Å². The quantitative estimate of drug-likeness (QED) is 0.429. The Labute approximate surface area is 170 Å². The van der Waals surface area contributed by atoms with Gasteiger partial charge in [0.2, 0.25) is 0 Å². The van der Waals surface area contributed by atoms with Crippen LogP contribution in [-0.4, -0.2) is 0 Å². The van der Waals surface area contributed by atoms with Gasteiger partial charge in [0, 0.05) is 27.8 Å². The predicted molar refractivity (Wildman–Crippen MR) is 109 cm³/mol. The highest BCUT2D eigenvalue weighted by Gasteiger charge is 2.08. The Balaban J connectivity index is 1.73. The fourth-order valence-electron chi connectivity index (χ4n) is 2.40. The van der Waals surface area contributed by atoms with Crippen molar-refractivity contribution in [1.82, 2.24) is 0 Å². The maximum absolute atomic E-state index is 13.8. The van der Waals surface area contributed by atoms with E-state index < -0.39 is 0 Å². The van der Waals surface area contributed by atoms with E-state index in [1.54, 1.807) is 30.3 Å². The van der Waals surface area contributed by atoms with E-state index in [9.17, 15) is 4.39 Å². The smallest absolute Gasteiger partial charge is 0.129 e. The van der Waals surface area contributed by atoms with E-state index in [2.05, 4.69) is 21.2 Å². The minimum Gasteiger partial charge on any atom is -0.488 e. The van der Waals surface area contributed by atoms with Gasteiger partial charge in [0.1, 0.15) is 18.2 Å². The van der Waals surface area contributed by atoms with E-state index in [1.165, 1.54) is 6.07 Å². The van der Waals surface area contributed by atoms with Gasteiger partial charge in [-0.15, -0.1) is 0 Å². The van der Waals surface area contributed by atoms with Crippen molar-refractivity contribution in [2.45, 2.75) is 13.2 Å². The zero-order chi connectivity index (χ0) is 18.5. The molecule has 0 radical (unpaired) electrons. The maximum atomic E-state index is 13.8. The third-order valence-electron chi connectivity index (χ3n) is 3.77. The third-order valence-corrected chi connectivity index (χ3v) is 5.00. The first kappa shape index (κ1) is 19.0. The minimum absolute atomic E-state index is 0.161. The average molecular weight is 455 g/mol. The van der Waals surface area contributed by atoms with E-state index in [1.807, 2.05) is 24.3 Å². The summed E-state index contributed by atoms with van der Waals surface area (Å²) in [6.07, 6.45) is 0. The monoisotopic (exact) mass is 453 g/mol. The first-order valence-electron chi connectivity index (χ1n) is 7.86. The van der Waals surface area contributed by atoms with Crippen molar-refractivity contribution in [3.63, 3.8) is 0 Å². The van der Waals surface area contributed by atoms with Gasteiger partial charge in [0.25, 0.3) is 0 Å². The lowest BCUT2D eigenvalue weighted by molar-refractivity contribution is 0.297. The van der Waals surface area contributed by atoms with Crippen LogP contribution < -0.4 is 10.1 Å². The number of ether oxygens (including phenoxy) is 1. The number of halogens is 4. The normalized spacial score (nSPS) is 10.6. The van der Waals surface area contributed by atoms with Gasteiger partial charge in [-0.1, -0.05) is 57.3 Å². The van der Waals surface area contributed by atoms with E-state index in [-0.39, 0.29) is 12.4 Å². The SMILES string of the molecule is Fc1ccccc1COc1ccc(Br)cc1CNc1ccc(Cl)c(Cl)c1. The molecule has 134 valence electrons. The molecule has 1 N–H and O–H groups in total. The van der Waals surface area contributed by atoms with Crippen molar-refractivity contribution in [2.24, 2.45) is 0 Å². The summed E-state index contributed by atoms with van der Waals surface area (Å²) in [6, 6.07) is 17.6. The molecule has 0 heterocycles. The van der Waals surface area contributed by atoms with Gasteiger partial charge < -0.3 is 10.1 Å². The highest BCUT2D eigenvalue weighted by atomic mass is 79.9. The lowest BCUT2D eigenvalue weighted by Crippen LogP contribution is -2.04. The van der Waals surface area contributed by atoms with E-state index in [0.29, 0.717) is 27.9 Å². The molecule has 6 heteroatoms. The molecule has 3 aromatic rings. The molecule has 0 atom stereocenters. The first-order chi connectivity index (χ1) is 12.5. The van der Waals surface area contributed by atoms with E-state index >= 15 is 0 Å². The van der Waals surface area contributed by atoms with Crippen LogP contribution in [-0.2, 0) is 13.2 Å². The molecule has 3 aromatic carbocycles. The Morgan fingerprint density at radius 3 is 2.50 bits per heavy atom. The molecular formula is C20H15BrCl2FNO. The van der Waals surface area contributed by atoms with Crippen molar-refractivity contribution < 1.29 is 9.13 Å². The molecule has 0 saturated heterocycles. The Morgan fingerprint density at radius 2 is 1.73 bits per heavy atom. The fourth-order valence-corrected chi connectivity index (χ4v) is 3.11. The molecule has 0 amide bonds. The van der Waals surface area contributed by atoms with Crippen LogP contribution in [0.4, 0.5) is 10.1 Å². The van der Waals surface area contributed by atoms with Crippen molar-refractivity contribution in [3.05, 3.63) is 92.1 Å². The fraction of sp³-hybridized carbons (Fsp3) is 0.100. The largest absolute Gasteiger partial charge is 0.488 e. The van der Waals surface area contributed by atoms with Crippen molar-refractivity contribution in [3.8, 4) is 5.75 Å². The minimum atomic E-state index is -0.278. The Hall–Kier alpha value is -1.75. The van der Waals surface area contributed by atoms with Crippen LogP contribution in [0.2, 0.25) is 10.0 Å². The maximum Gasteiger partial charge on any atom is 0.129 e. The molecule has 0 unspecified atom stereocenters. The van der Waals surface area contributed by atoms with Crippen molar-refractivity contribution >= 4 is 44.8 Å². The first-order valence-corrected chi connectivity index (χ1v) is 9.41. The summed E-state index contributed by atoms with van der Waals surface area (Å²) in [5, 5.41) is 4.28. The van der Waals surface area contributed by atoms with E-state index in [4.69, 9.17) is 27.9 Å². The number of nitrogens with one attached hydrogen (secondary N) is 1. The van der Waals surface area contributed by atoms with Crippen LogP contribution in [0.1, 0.15) is 11.1 Å². The van der Waals surface area contributed by atoms with Gasteiger partial charge >= 0.3 is 0 Å². The number of rotatable bonds is 6. The van der Waals surface area contributed by atoms with Gasteiger partial charge in [-0.05, 0) is 42.5 Å². The molecule has 3 rings (SSSR count). The molecule has 2 nitrogen and oxygen atoms in total. The summed E-state index contributed by atoms with van der Waals surface area (Å²) in [5.74, 6) is 0.407. The second-order valence-corrected chi connectivity index (χ2v) is 7.34. The topological polar surface area (TPSA) is 21.3 Å². The summed E-state index contributed by atoms with van der Waals surface area (Å²) in [7, 11) is 0. The van der Waals surface area contributed by atoms with E-state index in [0.717, 1.165) is 15.7 Å². The standard InChI is InChI=1S/C20H15BrCl2FNO/c21-15-5-8-20(26-12-13-3-1-2-4-19(13)24)14(9-15)11-25-16-6-7-17(22)18(23)10-16/h1-10,25H,11-12H2. The van der Waals surface area contributed by atoms with Crippen LogP contribution in [0.25, 0.3) is 0 Å². The van der Waals surface area contributed by atoms with Crippen LogP contribution >= 0.6 is 39.1 Å². The number of hydrogen-bond acceptors (Lipinski definition) is 2. The summed E-state index contributed by atoms with van der Waals surface area (Å²) >= 11 is 15.5. The summed E-state index contributed by atoms with van der Waals surface area (Å²) in [4.78, 5) is 0. The zero-order valence-electron chi connectivity index (χ0n) is 13.6. The van der Waals surface area contributed by atoms with Crippen molar-refractivity contribution in [1.29, 1.82) is 0 Å². The van der Waals surface area contributed by atoms with Gasteiger partial charge in [-0.2, -0.15) is 0 Å². The molecule has 0 aliphatic carbocycles. The molecule has 0 aliphatic rings. The molecule has 26 heavy (non-hydrogen) atoms. The summed E-state index contributed by atoms with van der Waals surface area (Å²) in [5.41, 5.74) is 2.29. The Bertz CT molecular complexity index is 920. The number of benzene rings is 3. The molecule has 0 bridgehead atoms. The average Bonchev–Trinajstić information content (AvgIpc) is 2.63. The lowest BCUT2D eigenvalue weighted by Gasteiger charge is -2.14. The molecule has 0 aromatic heterocycles. The number of anilines is 1. The second kappa shape index (κ2) is 8.76. The Kier molecular flexibility index (Phi) is 6.41. The summed E-state index contributed by atoms with van der Waals surface area (Å²) < 4.78 is 20.5. The van der Waals surface area contributed by atoms with Crippen LogP contribution in [0, 0.1) is 5.82 Å². The highest BCUT2D eigenvalue weighted by Crippen LogP contribution is 2.28. The lowest BCUT2D eigenvalue weighted by atomic mass is 10.2. The predicted octanol–water partition coefficient (Wildman–Crippen LogP) is 7.09. The van der Waals surface area contributed by atoms with Gasteiger partial charge in [0.15, 0.2) is 0 Å². The second-order valence-electron chi connectivity index (χ2n) is 5.61. The molecule has 0 spiro atoms. The molecule has 0 aliphatic heterocycles. The van der Waals surface area contributed by atoms with Gasteiger partial charge in [0.05, 0.1) is 10.0 Å². The van der Waals surface area contributed by atoms with Crippen molar-refractivity contribution in [2.75, 3.05) is 5.32 Å². The van der Waals surface area contributed by atoms with Crippen LogP contribution in [0.3, 0.4) is 0 Å².